The average molecular weight is 339 g/mol. The molecule has 0 spiro atoms. The second-order valence-electron chi connectivity index (χ2n) is 6.04. The smallest absolute Gasteiger partial charge is 0.323 e. The second-order valence-corrected chi connectivity index (χ2v) is 6.04. The summed E-state index contributed by atoms with van der Waals surface area (Å²) in [6.07, 6.45) is 1.03. The summed E-state index contributed by atoms with van der Waals surface area (Å²) in [7, 11) is 1.34. The zero-order chi connectivity index (χ0) is 17.6. The number of esters is 1. The standard InChI is InChI=1S/C19H21N3O3/c1-25-18(23)12-16-8-5-9-17(20-16)21-19(24)22-11-10-15(13-22)14-6-3-2-4-7-14/h2-9,15H,10-13H2,1H3,(H,20,21,24)/t15-/m1/s1. The van der Waals surface area contributed by atoms with Gasteiger partial charge in [0.05, 0.1) is 19.2 Å². The summed E-state index contributed by atoms with van der Waals surface area (Å²) >= 11 is 0. The molecular formula is C19H21N3O3. The predicted octanol–water partition coefficient (Wildman–Crippen LogP) is 2.82. The highest BCUT2D eigenvalue weighted by Gasteiger charge is 2.27. The number of hydrogen-bond acceptors (Lipinski definition) is 4. The van der Waals surface area contributed by atoms with Crippen LogP contribution in [0.1, 0.15) is 23.6 Å². The van der Waals surface area contributed by atoms with E-state index in [2.05, 4.69) is 27.2 Å². The number of anilines is 1. The molecule has 1 aromatic heterocycles. The predicted molar refractivity (Wildman–Crippen MR) is 94.3 cm³/mol. The highest BCUT2D eigenvalue weighted by atomic mass is 16.5. The lowest BCUT2D eigenvalue weighted by Gasteiger charge is -2.17. The SMILES string of the molecule is COC(=O)Cc1cccc(NC(=O)N2CC[C@@H](c3ccccc3)C2)n1. The molecule has 1 aliphatic heterocycles. The molecule has 0 aliphatic carbocycles. The van der Waals surface area contributed by atoms with Crippen LogP contribution in [0.4, 0.5) is 10.6 Å². The minimum absolute atomic E-state index is 0.0833. The van der Waals surface area contributed by atoms with Crippen molar-refractivity contribution >= 4 is 17.8 Å². The van der Waals surface area contributed by atoms with E-state index in [1.165, 1.54) is 12.7 Å². The number of carbonyl (C=O) groups excluding carboxylic acids is 2. The Morgan fingerprint density at radius 3 is 2.76 bits per heavy atom. The van der Waals surface area contributed by atoms with Crippen molar-refractivity contribution in [3.05, 3.63) is 59.8 Å². The number of likely N-dealkylation sites (tertiary alicyclic amines) is 1. The average Bonchev–Trinajstić information content (AvgIpc) is 3.13. The van der Waals surface area contributed by atoms with Crippen molar-refractivity contribution in [3.8, 4) is 0 Å². The van der Waals surface area contributed by atoms with Gasteiger partial charge in [0, 0.05) is 19.0 Å². The van der Waals surface area contributed by atoms with Crippen LogP contribution in [0.25, 0.3) is 0 Å². The number of carbonyl (C=O) groups is 2. The van der Waals surface area contributed by atoms with Gasteiger partial charge in [-0.1, -0.05) is 36.4 Å². The minimum Gasteiger partial charge on any atom is -0.469 e. The molecule has 6 heteroatoms. The van der Waals surface area contributed by atoms with E-state index < -0.39 is 0 Å². The Kier molecular flexibility index (Phi) is 5.28. The number of methoxy groups -OCH3 is 1. The van der Waals surface area contributed by atoms with Gasteiger partial charge in [0.15, 0.2) is 0 Å². The van der Waals surface area contributed by atoms with Gasteiger partial charge in [-0.15, -0.1) is 0 Å². The number of nitrogens with zero attached hydrogens (tertiary/aromatic N) is 2. The van der Waals surface area contributed by atoms with Gasteiger partial charge in [0.1, 0.15) is 5.82 Å². The minimum atomic E-state index is -0.360. The molecule has 3 rings (SSSR count). The fraction of sp³-hybridized carbons (Fsp3) is 0.316. The van der Waals surface area contributed by atoms with Crippen molar-refractivity contribution in [2.45, 2.75) is 18.8 Å². The molecule has 1 aromatic carbocycles. The summed E-state index contributed by atoms with van der Waals surface area (Å²) in [6.45, 7) is 1.41. The largest absolute Gasteiger partial charge is 0.469 e. The third-order valence-electron chi connectivity index (χ3n) is 4.34. The maximum atomic E-state index is 12.5. The van der Waals surface area contributed by atoms with E-state index in [1.807, 2.05) is 18.2 Å². The van der Waals surface area contributed by atoms with Crippen LogP contribution >= 0.6 is 0 Å². The maximum Gasteiger partial charge on any atom is 0.323 e. The van der Waals surface area contributed by atoms with Crippen molar-refractivity contribution in [2.75, 3.05) is 25.5 Å². The number of pyridine rings is 1. The van der Waals surface area contributed by atoms with Gasteiger partial charge >= 0.3 is 12.0 Å². The monoisotopic (exact) mass is 339 g/mol. The number of hydrogen-bond donors (Lipinski definition) is 1. The number of benzene rings is 1. The van der Waals surface area contributed by atoms with E-state index in [4.69, 9.17) is 0 Å². The Morgan fingerprint density at radius 1 is 1.20 bits per heavy atom. The lowest BCUT2D eigenvalue weighted by atomic mass is 9.99. The third-order valence-corrected chi connectivity index (χ3v) is 4.34. The summed E-state index contributed by atoms with van der Waals surface area (Å²) in [6, 6.07) is 15.3. The number of nitrogens with one attached hydrogen (secondary N) is 1. The quantitative estimate of drug-likeness (QED) is 0.870. The molecule has 2 amide bonds. The van der Waals surface area contributed by atoms with Crippen molar-refractivity contribution in [2.24, 2.45) is 0 Å². The van der Waals surface area contributed by atoms with Crippen LogP contribution in [0.2, 0.25) is 0 Å². The number of aromatic nitrogens is 1. The molecular weight excluding hydrogens is 318 g/mol. The summed E-state index contributed by atoms with van der Waals surface area (Å²) in [5.41, 5.74) is 1.82. The summed E-state index contributed by atoms with van der Waals surface area (Å²) in [4.78, 5) is 29.9. The number of urea groups is 1. The van der Waals surface area contributed by atoms with Gasteiger partial charge in [0.25, 0.3) is 0 Å². The molecule has 1 atom stereocenters. The Bertz CT molecular complexity index is 749. The first-order chi connectivity index (χ1) is 12.2. The number of ether oxygens (including phenoxy) is 1. The van der Waals surface area contributed by atoms with Crippen molar-refractivity contribution in [1.29, 1.82) is 0 Å². The highest BCUT2D eigenvalue weighted by molar-refractivity contribution is 5.88. The van der Waals surface area contributed by atoms with Gasteiger partial charge in [-0.05, 0) is 24.1 Å². The summed E-state index contributed by atoms with van der Waals surface area (Å²) in [5, 5.41) is 2.81. The zero-order valence-electron chi connectivity index (χ0n) is 14.1. The van der Waals surface area contributed by atoms with Crippen LogP contribution in [-0.4, -0.2) is 42.1 Å². The molecule has 1 N–H and O–H groups in total. The van der Waals surface area contributed by atoms with Crippen LogP contribution in [0.3, 0.4) is 0 Å². The van der Waals surface area contributed by atoms with Crippen molar-refractivity contribution in [1.82, 2.24) is 9.88 Å². The molecule has 6 nitrogen and oxygen atoms in total. The summed E-state index contributed by atoms with van der Waals surface area (Å²) < 4.78 is 4.64. The molecule has 0 saturated carbocycles. The molecule has 2 heterocycles. The normalized spacial score (nSPS) is 16.5. The van der Waals surface area contributed by atoms with E-state index in [-0.39, 0.29) is 18.4 Å². The zero-order valence-corrected chi connectivity index (χ0v) is 14.1. The van der Waals surface area contributed by atoms with Crippen LogP contribution in [0.5, 0.6) is 0 Å². The first-order valence-electron chi connectivity index (χ1n) is 8.29. The molecule has 0 radical (unpaired) electrons. The molecule has 130 valence electrons. The molecule has 1 saturated heterocycles. The van der Waals surface area contributed by atoms with Gasteiger partial charge < -0.3 is 9.64 Å². The lowest BCUT2D eigenvalue weighted by Crippen LogP contribution is -2.33. The maximum absolute atomic E-state index is 12.5. The Morgan fingerprint density at radius 2 is 2.00 bits per heavy atom. The van der Waals surface area contributed by atoms with E-state index in [9.17, 15) is 9.59 Å². The van der Waals surface area contributed by atoms with E-state index in [0.717, 1.165) is 6.42 Å². The highest BCUT2D eigenvalue weighted by Crippen LogP contribution is 2.27. The Labute approximate surface area is 146 Å². The number of rotatable bonds is 4. The fourth-order valence-electron chi connectivity index (χ4n) is 3.00. The fourth-order valence-corrected chi connectivity index (χ4v) is 3.00. The summed E-state index contributed by atoms with van der Waals surface area (Å²) in [5.74, 6) is 0.446. The topological polar surface area (TPSA) is 71.5 Å². The molecule has 1 fully saturated rings. The second kappa shape index (κ2) is 7.79. The number of amides is 2. The van der Waals surface area contributed by atoms with Gasteiger partial charge in [-0.3, -0.25) is 10.1 Å². The van der Waals surface area contributed by atoms with Crippen LogP contribution in [-0.2, 0) is 16.0 Å². The van der Waals surface area contributed by atoms with E-state index in [1.54, 1.807) is 23.1 Å². The molecule has 0 unspecified atom stereocenters. The van der Waals surface area contributed by atoms with Gasteiger partial charge in [0.2, 0.25) is 0 Å². The van der Waals surface area contributed by atoms with E-state index in [0.29, 0.717) is 30.5 Å². The Hall–Kier alpha value is -2.89. The lowest BCUT2D eigenvalue weighted by molar-refractivity contribution is -0.139. The Balaban J connectivity index is 1.59. The van der Waals surface area contributed by atoms with Crippen LogP contribution in [0, 0.1) is 0 Å². The van der Waals surface area contributed by atoms with E-state index >= 15 is 0 Å². The third kappa shape index (κ3) is 4.35. The van der Waals surface area contributed by atoms with Crippen LogP contribution < -0.4 is 5.32 Å². The van der Waals surface area contributed by atoms with Gasteiger partial charge in [-0.25, -0.2) is 9.78 Å². The first-order valence-corrected chi connectivity index (χ1v) is 8.29. The van der Waals surface area contributed by atoms with Gasteiger partial charge in [-0.2, -0.15) is 0 Å². The van der Waals surface area contributed by atoms with Crippen LogP contribution in [0.15, 0.2) is 48.5 Å². The first kappa shape index (κ1) is 17.0. The molecule has 2 aromatic rings. The van der Waals surface area contributed by atoms with Crippen molar-refractivity contribution < 1.29 is 14.3 Å². The molecule has 25 heavy (non-hydrogen) atoms. The molecule has 0 bridgehead atoms. The van der Waals surface area contributed by atoms with Crippen molar-refractivity contribution in [3.63, 3.8) is 0 Å². The molecule has 1 aliphatic rings.